The third-order valence-corrected chi connectivity index (χ3v) is 5.93. The van der Waals surface area contributed by atoms with Crippen LogP contribution in [0, 0.1) is 15.9 Å². The molecule has 2 heterocycles. The fourth-order valence-corrected chi connectivity index (χ4v) is 4.25. The molecule has 30 heavy (non-hydrogen) atoms. The number of nitro benzene ring substituents is 1. The van der Waals surface area contributed by atoms with Crippen LogP contribution in [0.3, 0.4) is 0 Å². The van der Waals surface area contributed by atoms with Gasteiger partial charge in [-0.1, -0.05) is 11.6 Å². The number of rotatable bonds is 5. The summed E-state index contributed by atoms with van der Waals surface area (Å²) in [4.78, 5) is 27.5. The van der Waals surface area contributed by atoms with Crippen molar-refractivity contribution in [3.63, 3.8) is 0 Å². The van der Waals surface area contributed by atoms with Crippen molar-refractivity contribution in [2.45, 2.75) is 25.3 Å². The number of nitro groups is 1. The molecular formula is C21H22ClFN4O3. The summed E-state index contributed by atoms with van der Waals surface area (Å²) in [5.41, 5.74) is 1.46. The van der Waals surface area contributed by atoms with Crippen molar-refractivity contribution in [2.75, 3.05) is 36.4 Å². The third kappa shape index (κ3) is 4.18. The van der Waals surface area contributed by atoms with Gasteiger partial charge in [0.25, 0.3) is 11.6 Å². The van der Waals surface area contributed by atoms with Gasteiger partial charge in [-0.05, 0) is 49.6 Å². The maximum Gasteiger partial charge on any atom is 0.282 e. The van der Waals surface area contributed by atoms with Crippen molar-refractivity contribution in [1.82, 2.24) is 4.90 Å². The molecule has 158 valence electrons. The summed E-state index contributed by atoms with van der Waals surface area (Å²) in [6, 6.07) is 9.35. The Kier molecular flexibility index (Phi) is 5.76. The number of amides is 1. The molecule has 0 radical (unpaired) electrons. The molecule has 0 bridgehead atoms. The molecule has 4 rings (SSSR count). The molecule has 7 nitrogen and oxygen atoms in total. The van der Waals surface area contributed by atoms with E-state index in [2.05, 4.69) is 10.2 Å². The summed E-state index contributed by atoms with van der Waals surface area (Å²) in [6.07, 6.45) is 2.67. The molecule has 0 saturated carbocycles. The van der Waals surface area contributed by atoms with E-state index < -0.39 is 10.7 Å². The Labute approximate surface area is 178 Å². The second kappa shape index (κ2) is 8.47. The first kappa shape index (κ1) is 20.4. The van der Waals surface area contributed by atoms with Crippen LogP contribution in [-0.2, 0) is 0 Å². The Balaban J connectivity index is 1.49. The highest BCUT2D eigenvalue weighted by molar-refractivity contribution is 6.31. The normalized spacial score (nSPS) is 18.7. The van der Waals surface area contributed by atoms with Gasteiger partial charge in [0, 0.05) is 49.7 Å². The first-order valence-electron chi connectivity index (χ1n) is 9.96. The highest BCUT2D eigenvalue weighted by Crippen LogP contribution is 2.29. The minimum Gasteiger partial charge on any atom is -0.380 e. The molecule has 1 N–H and O–H groups in total. The number of nitrogens with zero attached hydrogens (tertiary/aromatic N) is 3. The molecular weight excluding hydrogens is 411 g/mol. The zero-order valence-corrected chi connectivity index (χ0v) is 17.1. The van der Waals surface area contributed by atoms with Gasteiger partial charge in [0.05, 0.1) is 9.95 Å². The van der Waals surface area contributed by atoms with E-state index in [9.17, 15) is 19.3 Å². The van der Waals surface area contributed by atoms with E-state index >= 15 is 0 Å². The van der Waals surface area contributed by atoms with Crippen LogP contribution in [-0.4, -0.2) is 48.0 Å². The van der Waals surface area contributed by atoms with Crippen LogP contribution in [0.5, 0.6) is 0 Å². The van der Waals surface area contributed by atoms with E-state index in [1.807, 2.05) is 0 Å². The van der Waals surface area contributed by atoms with Gasteiger partial charge in [-0.15, -0.1) is 0 Å². The Morgan fingerprint density at radius 1 is 1.17 bits per heavy atom. The molecule has 1 unspecified atom stereocenters. The van der Waals surface area contributed by atoms with Crippen LogP contribution in [0.2, 0.25) is 5.02 Å². The van der Waals surface area contributed by atoms with Crippen LogP contribution >= 0.6 is 11.6 Å². The standard InChI is InChI=1S/C21H22ClFN4O3/c22-18-12-16(4-5-19(18)23)26-10-7-15(13-26)24-14-3-6-20(27(29)30)17(11-14)21(28)25-8-1-2-9-25/h3-6,11-12,15,24H,1-2,7-10,13H2. The van der Waals surface area contributed by atoms with Crippen molar-refractivity contribution in [3.8, 4) is 0 Å². The number of carbonyl (C=O) groups excluding carboxylic acids is 1. The number of halogens is 2. The smallest absolute Gasteiger partial charge is 0.282 e. The molecule has 2 aliphatic rings. The van der Waals surface area contributed by atoms with Crippen molar-refractivity contribution in [2.24, 2.45) is 0 Å². The van der Waals surface area contributed by atoms with E-state index in [-0.39, 0.29) is 28.2 Å². The molecule has 2 aliphatic heterocycles. The zero-order valence-electron chi connectivity index (χ0n) is 16.3. The van der Waals surface area contributed by atoms with Gasteiger partial charge in [0.1, 0.15) is 11.4 Å². The largest absolute Gasteiger partial charge is 0.380 e. The molecule has 9 heteroatoms. The fraction of sp³-hybridized carbons (Fsp3) is 0.381. The molecule has 2 aromatic rings. The number of carbonyl (C=O) groups is 1. The van der Waals surface area contributed by atoms with E-state index in [0.717, 1.165) is 31.5 Å². The average molecular weight is 433 g/mol. The van der Waals surface area contributed by atoms with Crippen LogP contribution in [0.25, 0.3) is 0 Å². The summed E-state index contributed by atoms with van der Waals surface area (Å²) in [5.74, 6) is -0.743. The van der Waals surface area contributed by atoms with Gasteiger partial charge in [-0.25, -0.2) is 4.39 Å². The first-order valence-corrected chi connectivity index (χ1v) is 10.3. The van der Waals surface area contributed by atoms with E-state index in [1.54, 1.807) is 29.2 Å². The summed E-state index contributed by atoms with van der Waals surface area (Å²) in [7, 11) is 0. The van der Waals surface area contributed by atoms with Crippen molar-refractivity contribution >= 4 is 34.6 Å². The molecule has 2 aromatic carbocycles. The fourth-order valence-electron chi connectivity index (χ4n) is 4.08. The summed E-state index contributed by atoms with van der Waals surface area (Å²) < 4.78 is 13.4. The summed E-state index contributed by atoms with van der Waals surface area (Å²) in [6.45, 7) is 2.71. The topological polar surface area (TPSA) is 78.7 Å². The molecule has 1 amide bonds. The van der Waals surface area contributed by atoms with Crippen molar-refractivity contribution in [1.29, 1.82) is 0 Å². The Morgan fingerprint density at radius 3 is 2.63 bits per heavy atom. The van der Waals surface area contributed by atoms with Gasteiger partial charge in [0.15, 0.2) is 0 Å². The van der Waals surface area contributed by atoms with Crippen LogP contribution in [0.4, 0.5) is 21.5 Å². The van der Waals surface area contributed by atoms with E-state index in [1.165, 1.54) is 12.1 Å². The van der Waals surface area contributed by atoms with Crippen molar-refractivity contribution < 1.29 is 14.1 Å². The highest BCUT2D eigenvalue weighted by Gasteiger charge is 2.28. The molecule has 1 atom stereocenters. The Hall–Kier alpha value is -2.87. The SMILES string of the molecule is O=C(c1cc(NC2CCN(c3ccc(F)c(Cl)c3)C2)ccc1[N+](=O)[O-])N1CCCC1. The molecule has 2 saturated heterocycles. The van der Waals surface area contributed by atoms with Gasteiger partial charge in [-0.2, -0.15) is 0 Å². The van der Waals surface area contributed by atoms with Crippen LogP contribution < -0.4 is 10.2 Å². The van der Waals surface area contributed by atoms with E-state index in [4.69, 9.17) is 11.6 Å². The number of nitrogens with one attached hydrogen (secondary N) is 1. The molecule has 2 fully saturated rings. The Bertz CT molecular complexity index is 981. The average Bonchev–Trinajstić information content (AvgIpc) is 3.41. The third-order valence-electron chi connectivity index (χ3n) is 5.64. The van der Waals surface area contributed by atoms with E-state index in [0.29, 0.717) is 25.3 Å². The quantitative estimate of drug-likeness (QED) is 0.562. The Morgan fingerprint density at radius 2 is 1.93 bits per heavy atom. The number of benzene rings is 2. The molecule has 0 aromatic heterocycles. The molecule has 0 aliphatic carbocycles. The zero-order chi connectivity index (χ0) is 21.3. The van der Waals surface area contributed by atoms with Gasteiger partial charge >= 0.3 is 0 Å². The van der Waals surface area contributed by atoms with Gasteiger partial charge in [-0.3, -0.25) is 14.9 Å². The molecule has 0 spiro atoms. The van der Waals surface area contributed by atoms with Gasteiger partial charge < -0.3 is 15.1 Å². The number of anilines is 2. The van der Waals surface area contributed by atoms with Crippen molar-refractivity contribution in [3.05, 3.63) is 62.9 Å². The lowest BCUT2D eigenvalue weighted by molar-refractivity contribution is -0.385. The predicted molar refractivity (Wildman–Crippen MR) is 114 cm³/mol. The summed E-state index contributed by atoms with van der Waals surface area (Å²) in [5, 5.41) is 14.9. The number of likely N-dealkylation sites (tertiary alicyclic amines) is 1. The second-order valence-electron chi connectivity index (χ2n) is 7.66. The number of hydrogen-bond acceptors (Lipinski definition) is 5. The second-order valence-corrected chi connectivity index (χ2v) is 8.07. The van der Waals surface area contributed by atoms with Gasteiger partial charge in [0.2, 0.25) is 0 Å². The maximum atomic E-state index is 13.4. The predicted octanol–water partition coefficient (Wildman–Crippen LogP) is 4.31. The monoisotopic (exact) mass is 432 g/mol. The lowest BCUT2D eigenvalue weighted by Gasteiger charge is -2.20. The first-order chi connectivity index (χ1) is 14.4. The van der Waals surface area contributed by atoms with Crippen LogP contribution in [0.15, 0.2) is 36.4 Å². The highest BCUT2D eigenvalue weighted by atomic mass is 35.5. The minimum absolute atomic E-state index is 0.0874. The lowest BCUT2D eigenvalue weighted by atomic mass is 10.1. The lowest BCUT2D eigenvalue weighted by Crippen LogP contribution is -2.29. The summed E-state index contributed by atoms with van der Waals surface area (Å²) >= 11 is 5.89. The van der Waals surface area contributed by atoms with Crippen LogP contribution in [0.1, 0.15) is 29.6 Å². The number of hydrogen-bond donors (Lipinski definition) is 1. The minimum atomic E-state index is -0.511. The maximum absolute atomic E-state index is 13.4.